The lowest BCUT2D eigenvalue weighted by Gasteiger charge is -2.09. The number of hydrogen-bond donors (Lipinski definition) is 0. The fourth-order valence-corrected chi connectivity index (χ4v) is 1.39. The van der Waals surface area contributed by atoms with Crippen molar-refractivity contribution in [3.05, 3.63) is 29.8 Å². The van der Waals surface area contributed by atoms with Crippen LogP contribution in [0.25, 0.3) is 0 Å². The molecule has 0 saturated heterocycles. The molecule has 0 spiro atoms. The molecule has 0 aliphatic heterocycles. The molecule has 1 heteroatoms. The highest BCUT2D eigenvalue weighted by Gasteiger charge is 1.98. The van der Waals surface area contributed by atoms with Gasteiger partial charge in [0.05, 0.1) is 6.61 Å². The SMILES string of the molecule is Cc1ccccc1OCCCC(C)C. The van der Waals surface area contributed by atoms with Crippen molar-refractivity contribution in [3.63, 3.8) is 0 Å². The van der Waals surface area contributed by atoms with Crippen molar-refractivity contribution in [1.29, 1.82) is 0 Å². The third-order valence-electron chi connectivity index (χ3n) is 2.28. The molecule has 0 aliphatic rings. The van der Waals surface area contributed by atoms with Gasteiger partial charge in [0.1, 0.15) is 5.75 Å². The van der Waals surface area contributed by atoms with Gasteiger partial charge in [-0.05, 0) is 37.3 Å². The molecule has 0 fully saturated rings. The lowest BCUT2D eigenvalue weighted by molar-refractivity contribution is 0.296. The molecule has 0 bridgehead atoms. The van der Waals surface area contributed by atoms with Crippen LogP contribution in [0.5, 0.6) is 5.75 Å². The molecule has 0 heterocycles. The predicted octanol–water partition coefficient (Wildman–Crippen LogP) is 3.81. The van der Waals surface area contributed by atoms with Crippen LogP contribution in [0.1, 0.15) is 32.3 Å². The monoisotopic (exact) mass is 192 g/mol. The minimum absolute atomic E-state index is 0.774. The van der Waals surface area contributed by atoms with Crippen LogP contribution in [0.2, 0.25) is 0 Å². The first kappa shape index (κ1) is 11.1. The van der Waals surface area contributed by atoms with E-state index in [9.17, 15) is 0 Å². The maximum Gasteiger partial charge on any atom is 0.122 e. The summed E-state index contributed by atoms with van der Waals surface area (Å²) < 4.78 is 5.69. The maximum atomic E-state index is 5.69. The van der Waals surface area contributed by atoms with Crippen molar-refractivity contribution in [2.45, 2.75) is 33.6 Å². The number of aryl methyl sites for hydroxylation is 1. The van der Waals surface area contributed by atoms with E-state index in [0.29, 0.717) is 0 Å². The first-order valence-electron chi connectivity index (χ1n) is 5.38. The molecule has 0 radical (unpaired) electrons. The van der Waals surface area contributed by atoms with Crippen molar-refractivity contribution in [1.82, 2.24) is 0 Å². The van der Waals surface area contributed by atoms with Crippen LogP contribution in [0.3, 0.4) is 0 Å². The van der Waals surface area contributed by atoms with Gasteiger partial charge in [0, 0.05) is 0 Å². The molecule has 0 aromatic heterocycles. The average Bonchev–Trinajstić information content (AvgIpc) is 2.15. The van der Waals surface area contributed by atoms with Gasteiger partial charge in [-0.1, -0.05) is 32.0 Å². The highest BCUT2D eigenvalue weighted by molar-refractivity contribution is 5.31. The van der Waals surface area contributed by atoms with Crippen LogP contribution < -0.4 is 4.74 Å². The van der Waals surface area contributed by atoms with Gasteiger partial charge in [-0.25, -0.2) is 0 Å². The molecule has 14 heavy (non-hydrogen) atoms. The van der Waals surface area contributed by atoms with E-state index in [4.69, 9.17) is 4.74 Å². The van der Waals surface area contributed by atoms with Gasteiger partial charge >= 0.3 is 0 Å². The normalized spacial score (nSPS) is 10.6. The fourth-order valence-electron chi connectivity index (χ4n) is 1.39. The Bertz CT molecular complexity index is 266. The zero-order valence-corrected chi connectivity index (χ0v) is 9.42. The number of ether oxygens (including phenoxy) is 1. The molecular formula is C13H20O. The van der Waals surface area contributed by atoms with Gasteiger partial charge in [-0.2, -0.15) is 0 Å². The van der Waals surface area contributed by atoms with E-state index in [1.807, 2.05) is 18.2 Å². The summed E-state index contributed by atoms with van der Waals surface area (Å²) in [7, 11) is 0. The molecule has 0 amide bonds. The Balaban J connectivity index is 2.28. The molecule has 1 rings (SSSR count). The van der Waals surface area contributed by atoms with E-state index in [1.165, 1.54) is 12.0 Å². The number of para-hydroxylation sites is 1. The van der Waals surface area contributed by atoms with Crippen LogP contribution in [-0.2, 0) is 0 Å². The predicted molar refractivity (Wildman–Crippen MR) is 60.7 cm³/mol. The second-order valence-electron chi connectivity index (χ2n) is 4.15. The van der Waals surface area contributed by atoms with Gasteiger partial charge in [-0.15, -0.1) is 0 Å². The number of rotatable bonds is 5. The molecule has 0 atom stereocenters. The summed E-state index contributed by atoms with van der Waals surface area (Å²) in [6.07, 6.45) is 2.39. The van der Waals surface area contributed by atoms with E-state index in [1.54, 1.807) is 0 Å². The largest absolute Gasteiger partial charge is 0.493 e. The van der Waals surface area contributed by atoms with Crippen molar-refractivity contribution in [2.24, 2.45) is 5.92 Å². The van der Waals surface area contributed by atoms with Crippen LogP contribution >= 0.6 is 0 Å². The Labute approximate surface area is 87.1 Å². The fraction of sp³-hybridized carbons (Fsp3) is 0.538. The molecule has 0 saturated carbocycles. The second kappa shape index (κ2) is 5.69. The highest BCUT2D eigenvalue weighted by atomic mass is 16.5. The summed E-state index contributed by atoms with van der Waals surface area (Å²) in [6.45, 7) is 7.41. The summed E-state index contributed by atoms with van der Waals surface area (Å²) in [5.74, 6) is 1.80. The molecule has 1 aromatic carbocycles. The number of hydrogen-bond acceptors (Lipinski definition) is 1. The van der Waals surface area contributed by atoms with E-state index in [2.05, 4.69) is 26.8 Å². The zero-order valence-electron chi connectivity index (χ0n) is 9.42. The highest BCUT2D eigenvalue weighted by Crippen LogP contribution is 2.16. The van der Waals surface area contributed by atoms with Crippen molar-refractivity contribution < 1.29 is 4.74 Å². The Morgan fingerprint density at radius 2 is 1.93 bits per heavy atom. The van der Waals surface area contributed by atoms with Gasteiger partial charge in [0.2, 0.25) is 0 Å². The Hall–Kier alpha value is -0.980. The molecular weight excluding hydrogens is 172 g/mol. The average molecular weight is 192 g/mol. The summed E-state index contributed by atoms with van der Waals surface area (Å²) in [5.41, 5.74) is 1.22. The van der Waals surface area contributed by atoms with Crippen molar-refractivity contribution >= 4 is 0 Å². The number of benzene rings is 1. The minimum Gasteiger partial charge on any atom is -0.493 e. The second-order valence-corrected chi connectivity index (χ2v) is 4.15. The lowest BCUT2D eigenvalue weighted by atomic mass is 10.1. The standard InChI is InChI=1S/C13H20O/c1-11(2)7-6-10-14-13-9-5-4-8-12(13)3/h4-5,8-9,11H,6-7,10H2,1-3H3. The summed E-state index contributed by atoms with van der Waals surface area (Å²) >= 11 is 0. The first-order chi connectivity index (χ1) is 6.70. The molecule has 0 aliphatic carbocycles. The molecule has 1 aromatic rings. The van der Waals surface area contributed by atoms with E-state index < -0.39 is 0 Å². The lowest BCUT2D eigenvalue weighted by Crippen LogP contribution is -2.00. The van der Waals surface area contributed by atoms with Crippen LogP contribution in [0.15, 0.2) is 24.3 Å². The summed E-state index contributed by atoms with van der Waals surface area (Å²) in [5, 5.41) is 0. The van der Waals surface area contributed by atoms with Gasteiger partial charge in [-0.3, -0.25) is 0 Å². The molecule has 0 N–H and O–H groups in total. The van der Waals surface area contributed by atoms with Crippen LogP contribution in [-0.4, -0.2) is 6.61 Å². The molecule has 1 nitrogen and oxygen atoms in total. The maximum absolute atomic E-state index is 5.69. The first-order valence-corrected chi connectivity index (χ1v) is 5.38. The Morgan fingerprint density at radius 1 is 1.21 bits per heavy atom. The summed E-state index contributed by atoms with van der Waals surface area (Å²) in [4.78, 5) is 0. The van der Waals surface area contributed by atoms with E-state index in [-0.39, 0.29) is 0 Å². The van der Waals surface area contributed by atoms with Gasteiger partial charge in [0.25, 0.3) is 0 Å². The van der Waals surface area contributed by atoms with Crippen molar-refractivity contribution in [3.8, 4) is 5.75 Å². The molecule has 78 valence electrons. The van der Waals surface area contributed by atoms with Gasteiger partial charge < -0.3 is 4.74 Å². The smallest absolute Gasteiger partial charge is 0.122 e. The van der Waals surface area contributed by atoms with E-state index in [0.717, 1.165) is 24.7 Å². The molecule has 0 unspecified atom stereocenters. The van der Waals surface area contributed by atoms with Gasteiger partial charge in [0.15, 0.2) is 0 Å². The third kappa shape index (κ3) is 3.82. The Kier molecular flexibility index (Phi) is 4.51. The van der Waals surface area contributed by atoms with E-state index >= 15 is 0 Å². The quantitative estimate of drug-likeness (QED) is 0.645. The third-order valence-corrected chi connectivity index (χ3v) is 2.28. The zero-order chi connectivity index (χ0) is 10.4. The minimum atomic E-state index is 0.774. The Morgan fingerprint density at radius 3 is 2.57 bits per heavy atom. The summed E-state index contributed by atoms with van der Waals surface area (Å²) in [6, 6.07) is 8.17. The van der Waals surface area contributed by atoms with Crippen LogP contribution in [0.4, 0.5) is 0 Å². The van der Waals surface area contributed by atoms with Crippen molar-refractivity contribution in [2.75, 3.05) is 6.61 Å². The topological polar surface area (TPSA) is 9.23 Å². The van der Waals surface area contributed by atoms with Crippen LogP contribution in [0, 0.1) is 12.8 Å².